The van der Waals surface area contributed by atoms with Crippen molar-refractivity contribution in [2.24, 2.45) is 0 Å². The van der Waals surface area contributed by atoms with Crippen molar-refractivity contribution >= 4 is 40.5 Å². The highest BCUT2D eigenvalue weighted by Gasteiger charge is 2.12. The summed E-state index contributed by atoms with van der Waals surface area (Å²) in [6.45, 7) is 2.02. The summed E-state index contributed by atoms with van der Waals surface area (Å²) in [6, 6.07) is 11.2. The quantitative estimate of drug-likeness (QED) is 0.761. The summed E-state index contributed by atoms with van der Waals surface area (Å²) < 4.78 is 5.22. The van der Waals surface area contributed by atoms with E-state index >= 15 is 0 Å². The number of hydrogen-bond donors (Lipinski definition) is 1. The molecule has 0 aliphatic carbocycles. The van der Waals surface area contributed by atoms with Gasteiger partial charge in [-0.05, 0) is 36.8 Å². The number of rotatable bonds is 4. The molecule has 2 rings (SSSR count). The molecule has 2 nitrogen and oxygen atoms in total. The van der Waals surface area contributed by atoms with Gasteiger partial charge in [0.1, 0.15) is 5.75 Å². The van der Waals surface area contributed by atoms with Gasteiger partial charge in [-0.1, -0.05) is 46.9 Å². The molecule has 0 amide bonds. The minimum atomic E-state index is 0.0290. The minimum Gasteiger partial charge on any atom is -0.497 e. The van der Waals surface area contributed by atoms with Crippen LogP contribution in [0, 0.1) is 0 Å². The Morgan fingerprint density at radius 2 is 1.70 bits per heavy atom. The third kappa shape index (κ3) is 3.51. The lowest BCUT2D eigenvalue weighted by Crippen LogP contribution is -2.07. The van der Waals surface area contributed by atoms with Gasteiger partial charge >= 0.3 is 0 Å². The number of halogens is 3. The molecule has 0 saturated carbocycles. The first-order valence-electron chi connectivity index (χ1n) is 6.06. The molecule has 0 aromatic heterocycles. The Kier molecular flexibility index (Phi) is 5.03. The fourth-order valence-electron chi connectivity index (χ4n) is 1.89. The minimum absolute atomic E-state index is 0.0290. The van der Waals surface area contributed by atoms with Crippen molar-refractivity contribution in [2.45, 2.75) is 13.0 Å². The van der Waals surface area contributed by atoms with E-state index in [-0.39, 0.29) is 6.04 Å². The van der Waals surface area contributed by atoms with Crippen LogP contribution >= 0.6 is 34.8 Å². The molecular weight excluding hydrogens is 317 g/mol. The van der Waals surface area contributed by atoms with Crippen LogP contribution in [0.1, 0.15) is 18.5 Å². The Morgan fingerprint density at radius 3 is 2.30 bits per heavy atom. The zero-order valence-electron chi connectivity index (χ0n) is 11.1. The van der Waals surface area contributed by atoms with E-state index in [0.29, 0.717) is 20.8 Å². The molecule has 106 valence electrons. The van der Waals surface area contributed by atoms with Crippen molar-refractivity contribution in [3.8, 4) is 5.75 Å². The first-order chi connectivity index (χ1) is 9.51. The fraction of sp³-hybridized carbons (Fsp3) is 0.200. The molecule has 0 saturated heterocycles. The third-order valence-electron chi connectivity index (χ3n) is 2.96. The lowest BCUT2D eigenvalue weighted by Gasteiger charge is -2.18. The molecule has 0 spiro atoms. The monoisotopic (exact) mass is 329 g/mol. The highest BCUT2D eigenvalue weighted by molar-refractivity contribution is 6.41. The summed E-state index contributed by atoms with van der Waals surface area (Å²) in [4.78, 5) is 0. The van der Waals surface area contributed by atoms with Crippen molar-refractivity contribution in [1.82, 2.24) is 0 Å². The molecule has 2 aromatic rings. The Bertz CT molecular complexity index is 593. The van der Waals surface area contributed by atoms with Crippen LogP contribution in [-0.4, -0.2) is 7.11 Å². The number of methoxy groups -OCH3 is 1. The van der Waals surface area contributed by atoms with Crippen molar-refractivity contribution < 1.29 is 4.74 Å². The molecule has 1 atom stereocenters. The standard InChI is InChI=1S/C15H14Cl3NO/c1-9(10-4-3-5-12(6-10)20-2)19-15-13(17)7-11(16)8-14(15)18/h3-9,19H,1-2H3. The zero-order valence-corrected chi connectivity index (χ0v) is 13.4. The van der Waals surface area contributed by atoms with Gasteiger partial charge in [0.15, 0.2) is 0 Å². The first-order valence-corrected chi connectivity index (χ1v) is 7.19. The van der Waals surface area contributed by atoms with E-state index in [1.807, 2.05) is 31.2 Å². The third-order valence-corrected chi connectivity index (χ3v) is 3.78. The topological polar surface area (TPSA) is 21.3 Å². The maximum atomic E-state index is 6.17. The highest BCUT2D eigenvalue weighted by Crippen LogP contribution is 2.36. The summed E-state index contributed by atoms with van der Waals surface area (Å²) in [5.74, 6) is 0.810. The largest absolute Gasteiger partial charge is 0.497 e. The maximum absolute atomic E-state index is 6.17. The van der Waals surface area contributed by atoms with Gasteiger partial charge in [0.2, 0.25) is 0 Å². The van der Waals surface area contributed by atoms with Crippen molar-refractivity contribution in [1.29, 1.82) is 0 Å². The summed E-state index contributed by atoms with van der Waals surface area (Å²) in [6.07, 6.45) is 0. The lowest BCUT2D eigenvalue weighted by molar-refractivity contribution is 0.414. The molecule has 0 fully saturated rings. The van der Waals surface area contributed by atoms with Crippen LogP contribution in [0.5, 0.6) is 5.75 Å². The van der Waals surface area contributed by atoms with Gasteiger partial charge in [-0.15, -0.1) is 0 Å². The predicted molar refractivity (Wildman–Crippen MR) is 86.5 cm³/mol. The van der Waals surface area contributed by atoms with Gasteiger partial charge in [-0.2, -0.15) is 0 Å². The molecule has 0 aliphatic heterocycles. The summed E-state index contributed by atoms with van der Waals surface area (Å²) in [5, 5.41) is 4.80. The number of anilines is 1. The number of hydrogen-bond acceptors (Lipinski definition) is 2. The SMILES string of the molecule is COc1cccc(C(C)Nc2c(Cl)cc(Cl)cc2Cl)c1. The molecule has 0 bridgehead atoms. The van der Waals surface area contributed by atoms with Gasteiger partial charge in [-0.25, -0.2) is 0 Å². The second-order valence-corrected chi connectivity index (χ2v) is 5.64. The van der Waals surface area contributed by atoms with E-state index in [1.54, 1.807) is 19.2 Å². The van der Waals surface area contributed by atoms with E-state index in [9.17, 15) is 0 Å². The number of nitrogens with one attached hydrogen (secondary N) is 1. The van der Waals surface area contributed by atoms with Crippen LogP contribution in [0.25, 0.3) is 0 Å². The molecule has 20 heavy (non-hydrogen) atoms. The summed E-state index contributed by atoms with van der Waals surface area (Å²) >= 11 is 18.2. The van der Waals surface area contributed by atoms with Crippen molar-refractivity contribution in [3.05, 3.63) is 57.0 Å². The first kappa shape index (κ1) is 15.3. The normalized spacial score (nSPS) is 12.1. The predicted octanol–water partition coefficient (Wildman–Crippen LogP) is 5.83. The van der Waals surface area contributed by atoms with Crippen molar-refractivity contribution in [2.75, 3.05) is 12.4 Å². The average molecular weight is 331 g/mol. The number of benzene rings is 2. The Hall–Kier alpha value is -1.09. The van der Waals surface area contributed by atoms with Crippen LogP contribution < -0.4 is 10.1 Å². The maximum Gasteiger partial charge on any atom is 0.119 e. The molecule has 0 heterocycles. The van der Waals surface area contributed by atoms with Crippen LogP contribution in [0.15, 0.2) is 36.4 Å². The van der Waals surface area contributed by atoms with E-state index in [4.69, 9.17) is 39.5 Å². The molecular formula is C15H14Cl3NO. The summed E-state index contributed by atoms with van der Waals surface area (Å²) in [5.41, 5.74) is 1.75. The van der Waals surface area contributed by atoms with Gasteiger partial charge < -0.3 is 10.1 Å². The Balaban J connectivity index is 2.25. The van der Waals surface area contributed by atoms with Gasteiger partial charge in [0.05, 0.1) is 22.8 Å². The average Bonchev–Trinajstić information content (AvgIpc) is 2.42. The van der Waals surface area contributed by atoms with E-state index in [1.165, 1.54) is 0 Å². The van der Waals surface area contributed by atoms with Crippen LogP contribution in [-0.2, 0) is 0 Å². The van der Waals surface area contributed by atoms with Gasteiger partial charge in [0.25, 0.3) is 0 Å². The molecule has 2 aromatic carbocycles. The lowest BCUT2D eigenvalue weighted by atomic mass is 10.1. The Morgan fingerprint density at radius 1 is 1.05 bits per heavy atom. The van der Waals surface area contributed by atoms with Crippen LogP contribution in [0.4, 0.5) is 5.69 Å². The second kappa shape index (κ2) is 6.57. The van der Waals surface area contributed by atoms with Crippen LogP contribution in [0.2, 0.25) is 15.1 Å². The second-order valence-electron chi connectivity index (χ2n) is 4.39. The molecule has 1 N–H and O–H groups in total. The molecule has 0 aliphatic rings. The van der Waals surface area contributed by atoms with E-state index in [0.717, 1.165) is 11.3 Å². The molecule has 5 heteroatoms. The zero-order chi connectivity index (χ0) is 14.7. The van der Waals surface area contributed by atoms with Crippen LogP contribution in [0.3, 0.4) is 0 Å². The molecule has 0 radical (unpaired) electrons. The van der Waals surface area contributed by atoms with E-state index in [2.05, 4.69) is 5.32 Å². The number of ether oxygens (including phenoxy) is 1. The van der Waals surface area contributed by atoms with E-state index < -0.39 is 0 Å². The highest BCUT2D eigenvalue weighted by atomic mass is 35.5. The summed E-state index contributed by atoms with van der Waals surface area (Å²) in [7, 11) is 1.64. The fourth-order valence-corrected chi connectivity index (χ4v) is 2.82. The van der Waals surface area contributed by atoms with Gasteiger partial charge in [-0.3, -0.25) is 0 Å². The Labute approximate surface area is 133 Å². The van der Waals surface area contributed by atoms with Gasteiger partial charge in [0, 0.05) is 11.1 Å². The smallest absolute Gasteiger partial charge is 0.119 e. The van der Waals surface area contributed by atoms with Crippen molar-refractivity contribution in [3.63, 3.8) is 0 Å². The molecule has 1 unspecified atom stereocenters.